The third-order valence-corrected chi connectivity index (χ3v) is 8.22. The van der Waals surface area contributed by atoms with Gasteiger partial charge in [-0.3, -0.25) is 4.79 Å². The maximum absolute atomic E-state index is 11.4. The Hall–Kier alpha value is -1.06. The second-order valence-corrected chi connectivity index (χ2v) is 11.6. The first-order valence-corrected chi connectivity index (χ1v) is 13.9. The van der Waals surface area contributed by atoms with Gasteiger partial charge in [0.25, 0.3) is 0 Å². The Balaban J connectivity index is 1.65. The van der Waals surface area contributed by atoms with Crippen molar-refractivity contribution in [1.82, 2.24) is 16.0 Å². The number of unbranched alkanes of at least 4 members (excludes halogenated alkanes) is 4. The minimum absolute atomic E-state index is 0.0548. The molecule has 5 atom stereocenters. The lowest BCUT2D eigenvalue weighted by atomic mass is 9.86. The maximum atomic E-state index is 11.4. The van der Waals surface area contributed by atoms with Gasteiger partial charge in [0.05, 0.1) is 18.1 Å². The van der Waals surface area contributed by atoms with Gasteiger partial charge in [-0.25, -0.2) is 0 Å². The lowest BCUT2D eigenvalue weighted by Gasteiger charge is -2.38. The summed E-state index contributed by atoms with van der Waals surface area (Å²) in [6.07, 6.45) is 12.4. The number of rotatable bonds is 17. The maximum Gasteiger partial charge on any atom is 0.306 e. The summed E-state index contributed by atoms with van der Waals surface area (Å²) in [4.78, 5) is 22.5. The Morgan fingerprint density at radius 2 is 1.86 bits per heavy atom. The number of carbonyl (C=O) groups is 2. The van der Waals surface area contributed by atoms with E-state index < -0.39 is 11.6 Å². The fraction of sp³-hybridized carbons (Fsp3) is 0.926. The van der Waals surface area contributed by atoms with Crippen LogP contribution in [0.4, 0.5) is 0 Å². The number of β-amino-alcohol motifs (C(OH)–C–C–N with tert-alkyl or cyclic N) is 1. The van der Waals surface area contributed by atoms with Crippen molar-refractivity contribution >= 4 is 12.3 Å². The first kappa shape index (κ1) is 30.2. The number of aldehydes is 1. The van der Waals surface area contributed by atoms with Crippen molar-refractivity contribution in [2.24, 2.45) is 5.92 Å². The van der Waals surface area contributed by atoms with Gasteiger partial charge in [0.2, 0.25) is 0 Å². The van der Waals surface area contributed by atoms with Gasteiger partial charge in [0, 0.05) is 30.6 Å². The van der Waals surface area contributed by atoms with Crippen molar-refractivity contribution in [2.45, 2.75) is 133 Å². The Labute approximate surface area is 212 Å². The average Bonchev–Trinajstić information content (AvgIpc) is 2.80. The number of hydrogen-bond donors (Lipinski definition) is 6. The molecule has 2 fully saturated rings. The molecule has 8 nitrogen and oxygen atoms in total. The predicted molar refractivity (Wildman–Crippen MR) is 138 cm³/mol. The molecule has 0 saturated carbocycles. The van der Waals surface area contributed by atoms with Gasteiger partial charge in [-0.05, 0) is 77.8 Å². The zero-order chi connectivity index (χ0) is 25.7. The molecule has 5 unspecified atom stereocenters. The molecule has 8 heteroatoms. The van der Waals surface area contributed by atoms with E-state index in [1.165, 1.54) is 0 Å². The first-order chi connectivity index (χ1) is 16.6. The van der Waals surface area contributed by atoms with Crippen molar-refractivity contribution in [3.8, 4) is 0 Å². The molecule has 204 valence electrons. The van der Waals surface area contributed by atoms with Crippen LogP contribution < -0.4 is 16.0 Å². The van der Waals surface area contributed by atoms with Crippen LogP contribution in [-0.2, 0) is 9.59 Å². The van der Waals surface area contributed by atoms with E-state index in [1.54, 1.807) is 0 Å². The molecule has 2 heterocycles. The minimum atomic E-state index is -1.22. The summed E-state index contributed by atoms with van der Waals surface area (Å²) in [5.74, 6) is -0.571. The molecule has 0 aromatic rings. The van der Waals surface area contributed by atoms with E-state index >= 15 is 0 Å². The molecule has 0 aromatic carbocycles. The van der Waals surface area contributed by atoms with Crippen LogP contribution in [0.5, 0.6) is 0 Å². The topological polar surface area (TPSA) is 131 Å². The zero-order valence-electron chi connectivity index (χ0n) is 22.1. The quantitative estimate of drug-likeness (QED) is 0.134. The second-order valence-electron chi connectivity index (χ2n) is 11.6. The van der Waals surface area contributed by atoms with Gasteiger partial charge < -0.3 is 36.1 Å². The third kappa shape index (κ3) is 11.7. The molecule has 6 N–H and O–H groups in total. The van der Waals surface area contributed by atoms with Gasteiger partial charge in [0.1, 0.15) is 6.29 Å². The Bertz CT molecular complexity index is 628. The predicted octanol–water partition coefficient (Wildman–Crippen LogP) is 2.75. The molecule has 2 saturated heterocycles. The molecule has 0 spiro atoms. The van der Waals surface area contributed by atoms with Crippen LogP contribution >= 0.6 is 0 Å². The van der Waals surface area contributed by atoms with E-state index in [0.29, 0.717) is 31.3 Å². The zero-order valence-corrected chi connectivity index (χ0v) is 22.1. The number of aliphatic hydroxyl groups excluding tert-OH is 1. The number of carboxylic acid groups (broad SMARTS) is 1. The van der Waals surface area contributed by atoms with E-state index in [1.807, 2.05) is 6.92 Å². The number of carboxylic acids is 1. The summed E-state index contributed by atoms with van der Waals surface area (Å²) >= 11 is 0. The number of aliphatic hydroxyl groups is 2. The Morgan fingerprint density at radius 1 is 1.17 bits per heavy atom. The summed E-state index contributed by atoms with van der Waals surface area (Å²) in [5.41, 5.74) is -1.27. The molecule has 2 rings (SSSR count). The molecular formula is C27H51N3O5. The van der Waals surface area contributed by atoms with Crippen molar-refractivity contribution in [3.63, 3.8) is 0 Å². The lowest BCUT2D eigenvalue weighted by molar-refractivity contribution is -0.143. The third-order valence-electron chi connectivity index (χ3n) is 8.22. The highest BCUT2D eigenvalue weighted by atomic mass is 16.4. The monoisotopic (exact) mass is 497 g/mol. The van der Waals surface area contributed by atoms with E-state index in [9.17, 15) is 24.9 Å². The van der Waals surface area contributed by atoms with Crippen LogP contribution in [0, 0.1) is 5.92 Å². The van der Waals surface area contributed by atoms with E-state index in [-0.39, 0.29) is 24.1 Å². The summed E-state index contributed by atoms with van der Waals surface area (Å²) in [7, 11) is 0. The molecule has 0 radical (unpaired) electrons. The normalized spacial score (nSPS) is 27.1. The molecule has 2 aliphatic heterocycles. The highest BCUT2D eigenvalue weighted by Gasteiger charge is 2.34. The number of piperidine rings is 2. The van der Waals surface area contributed by atoms with Crippen molar-refractivity contribution in [3.05, 3.63) is 0 Å². The lowest BCUT2D eigenvalue weighted by Crippen LogP contribution is -2.55. The molecule has 2 aliphatic rings. The second kappa shape index (κ2) is 15.3. The smallest absolute Gasteiger partial charge is 0.306 e. The van der Waals surface area contributed by atoms with Gasteiger partial charge in [-0.15, -0.1) is 0 Å². The fourth-order valence-corrected chi connectivity index (χ4v) is 5.72. The SMILES string of the molecule is CC1NC(CC(CC=O)CCCCCCCC(O)(CNC2(C)CCNCC2)CC(=O)O)CCC1O. The van der Waals surface area contributed by atoms with Gasteiger partial charge in [0.15, 0.2) is 0 Å². The van der Waals surface area contributed by atoms with E-state index in [2.05, 4.69) is 22.9 Å². The van der Waals surface area contributed by atoms with Crippen molar-refractivity contribution in [2.75, 3.05) is 19.6 Å². The van der Waals surface area contributed by atoms with E-state index in [4.69, 9.17) is 0 Å². The number of nitrogens with one attached hydrogen (secondary N) is 3. The van der Waals surface area contributed by atoms with Crippen LogP contribution in [0.2, 0.25) is 0 Å². The largest absolute Gasteiger partial charge is 0.481 e. The average molecular weight is 498 g/mol. The number of hydrogen-bond acceptors (Lipinski definition) is 7. The van der Waals surface area contributed by atoms with Gasteiger partial charge in [-0.1, -0.05) is 32.1 Å². The number of carbonyl (C=O) groups excluding carboxylic acids is 1. The summed E-state index contributed by atoms with van der Waals surface area (Å²) in [6, 6.07) is 0.495. The molecule has 0 bridgehead atoms. The summed E-state index contributed by atoms with van der Waals surface area (Å²) in [5, 5.41) is 40.6. The fourth-order valence-electron chi connectivity index (χ4n) is 5.72. The van der Waals surface area contributed by atoms with Crippen LogP contribution in [0.3, 0.4) is 0 Å². The van der Waals surface area contributed by atoms with Gasteiger partial charge >= 0.3 is 5.97 Å². The van der Waals surface area contributed by atoms with Crippen LogP contribution in [0.15, 0.2) is 0 Å². The first-order valence-electron chi connectivity index (χ1n) is 13.9. The Morgan fingerprint density at radius 3 is 2.51 bits per heavy atom. The Kier molecular flexibility index (Phi) is 13.1. The number of aliphatic carboxylic acids is 1. The van der Waals surface area contributed by atoms with Crippen LogP contribution in [-0.4, -0.2) is 76.5 Å². The minimum Gasteiger partial charge on any atom is -0.481 e. The summed E-state index contributed by atoms with van der Waals surface area (Å²) < 4.78 is 0. The highest BCUT2D eigenvalue weighted by molar-refractivity contribution is 5.68. The van der Waals surface area contributed by atoms with Crippen molar-refractivity contribution in [1.29, 1.82) is 0 Å². The van der Waals surface area contributed by atoms with E-state index in [0.717, 1.165) is 90.0 Å². The summed E-state index contributed by atoms with van der Waals surface area (Å²) in [6.45, 7) is 6.37. The van der Waals surface area contributed by atoms with Crippen LogP contribution in [0.25, 0.3) is 0 Å². The van der Waals surface area contributed by atoms with Crippen molar-refractivity contribution < 1.29 is 24.9 Å². The highest BCUT2D eigenvalue weighted by Crippen LogP contribution is 2.26. The standard InChI is InChI=1S/C27H51N3O5/c1-21-24(32)10-9-23(30-21)18-22(11-17-31)8-6-4-3-5-7-12-27(35,19-25(33)34)20-29-26(2)13-15-28-16-14-26/h17,21-24,28-30,32,35H,3-16,18-20H2,1-2H3,(H,33,34). The molecule has 0 amide bonds. The molecule has 35 heavy (non-hydrogen) atoms. The molecular weight excluding hydrogens is 446 g/mol. The van der Waals surface area contributed by atoms with Crippen LogP contribution in [0.1, 0.15) is 104 Å². The van der Waals surface area contributed by atoms with Gasteiger partial charge in [-0.2, -0.15) is 0 Å². The molecule has 0 aromatic heterocycles. The molecule has 0 aliphatic carbocycles.